The smallest absolute Gasteiger partial charge is 0.241 e. The Morgan fingerprint density at radius 1 is 1.35 bits per heavy atom. The third-order valence-corrected chi connectivity index (χ3v) is 4.23. The van der Waals surface area contributed by atoms with E-state index in [4.69, 9.17) is 0 Å². The minimum Gasteiger partial charge on any atom is -0.322 e. The van der Waals surface area contributed by atoms with E-state index in [1.807, 2.05) is 4.90 Å². The van der Waals surface area contributed by atoms with Gasteiger partial charge in [0.1, 0.15) is 6.17 Å². The first kappa shape index (κ1) is 15.0. The van der Waals surface area contributed by atoms with Crippen LogP contribution in [-0.4, -0.2) is 23.4 Å². The number of rotatable bonds is 5. The van der Waals surface area contributed by atoms with Gasteiger partial charge in [0.2, 0.25) is 5.91 Å². The third-order valence-electron chi connectivity index (χ3n) is 4.23. The first-order valence-electron chi connectivity index (χ1n) is 7.71. The molecule has 1 fully saturated rings. The minimum absolute atomic E-state index is 0.0290. The summed E-state index contributed by atoms with van der Waals surface area (Å²) in [4.78, 5) is 14.6. The molecule has 3 unspecified atom stereocenters. The molecule has 1 aliphatic rings. The summed E-state index contributed by atoms with van der Waals surface area (Å²) < 4.78 is 0. The van der Waals surface area contributed by atoms with Crippen LogP contribution in [-0.2, 0) is 4.79 Å². The van der Waals surface area contributed by atoms with Crippen molar-refractivity contribution in [1.29, 1.82) is 0 Å². The highest BCUT2D eigenvalue weighted by molar-refractivity contribution is 5.84. The summed E-state index contributed by atoms with van der Waals surface area (Å²) in [6, 6.07) is 8.40. The van der Waals surface area contributed by atoms with E-state index >= 15 is 0 Å². The van der Waals surface area contributed by atoms with E-state index < -0.39 is 0 Å². The highest BCUT2D eigenvalue weighted by Crippen LogP contribution is 2.29. The fourth-order valence-electron chi connectivity index (χ4n) is 2.88. The van der Waals surface area contributed by atoms with Crippen molar-refractivity contribution in [1.82, 2.24) is 10.2 Å². The topological polar surface area (TPSA) is 32.3 Å². The van der Waals surface area contributed by atoms with Gasteiger partial charge in [0.05, 0.1) is 6.04 Å². The van der Waals surface area contributed by atoms with Crippen LogP contribution in [0.1, 0.15) is 50.9 Å². The van der Waals surface area contributed by atoms with E-state index in [1.54, 1.807) is 0 Å². The fraction of sp³-hybridized carbons (Fsp3) is 0.588. The number of hydrogen-bond donors (Lipinski definition) is 1. The van der Waals surface area contributed by atoms with Gasteiger partial charge in [0.25, 0.3) is 0 Å². The summed E-state index contributed by atoms with van der Waals surface area (Å²) in [5.74, 6) is 0.629. The van der Waals surface area contributed by atoms with E-state index in [2.05, 4.69) is 57.3 Å². The molecule has 0 aromatic heterocycles. The highest BCUT2D eigenvalue weighted by Gasteiger charge is 2.41. The van der Waals surface area contributed by atoms with Gasteiger partial charge in [-0.05, 0) is 24.8 Å². The molecular weight excluding hydrogens is 248 g/mol. The largest absolute Gasteiger partial charge is 0.322 e. The van der Waals surface area contributed by atoms with Gasteiger partial charge in [0.15, 0.2) is 0 Å². The van der Waals surface area contributed by atoms with Crippen molar-refractivity contribution in [2.45, 2.75) is 52.7 Å². The quantitative estimate of drug-likeness (QED) is 0.894. The molecule has 0 spiro atoms. The SMILES string of the molecule is CCCN1C(=O)C(C(C)CC)NC1c1cccc(C)c1. The molecule has 1 aliphatic heterocycles. The molecule has 1 aromatic carbocycles. The van der Waals surface area contributed by atoms with E-state index in [0.717, 1.165) is 19.4 Å². The van der Waals surface area contributed by atoms with Crippen LogP contribution in [0.4, 0.5) is 0 Å². The van der Waals surface area contributed by atoms with Gasteiger partial charge in [-0.25, -0.2) is 0 Å². The van der Waals surface area contributed by atoms with Gasteiger partial charge >= 0.3 is 0 Å². The zero-order valence-electron chi connectivity index (χ0n) is 13.0. The zero-order valence-corrected chi connectivity index (χ0v) is 13.0. The van der Waals surface area contributed by atoms with E-state index in [1.165, 1.54) is 11.1 Å². The van der Waals surface area contributed by atoms with Crippen molar-refractivity contribution in [2.24, 2.45) is 5.92 Å². The van der Waals surface area contributed by atoms with Crippen molar-refractivity contribution in [3.63, 3.8) is 0 Å². The predicted octanol–water partition coefficient (Wildman–Crippen LogP) is 3.25. The molecule has 1 aromatic rings. The number of nitrogens with one attached hydrogen (secondary N) is 1. The highest BCUT2D eigenvalue weighted by atomic mass is 16.2. The molecule has 110 valence electrons. The second kappa shape index (κ2) is 6.40. The Labute approximate surface area is 122 Å². The van der Waals surface area contributed by atoms with Crippen molar-refractivity contribution < 1.29 is 4.79 Å². The summed E-state index contributed by atoms with van der Waals surface area (Å²) in [6.45, 7) is 9.33. The summed E-state index contributed by atoms with van der Waals surface area (Å²) in [5.41, 5.74) is 2.43. The molecule has 1 amide bonds. The summed E-state index contributed by atoms with van der Waals surface area (Å²) >= 11 is 0. The molecule has 1 saturated heterocycles. The molecule has 0 bridgehead atoms. The maximum atomic E-state index is 12.6. The molecule has 3 atom stereocenters. The Kier molecular flexibility index (Phi) is 4.81. The van der Waals surface area contributed by atoms with Crippen LogP contribution >= 0.6 is 0 Å². The van der Waals surface area contributed by atoms with Crippen LogP contribution in [0.25, 0.3) is 0 Å². The molecule has 0 saturated carbocycles. The second-order valence-corrected chi connectivity index (χ2v) is 5.88. The molecule has 3 nitrogen and oxygen atoms in total. The number of benzene rings is 1. The van der Waals surface area contributed by atoms with Crippen molar-refractivity contribution in [2.75, 3.05) is 6.54 Å². The van der Waals surface area contributed by atoms with Crippen LogP contribution < -0.4 is 5.32 Å². The van der Waals surface area contributed by atoms with Crippen LogP contribution in [0, 0.1) is 12.8 Å². The first-order chi connectivity index (χ1) is 9.58. The second-order valence-electron chi connectivity index (χ2n) is 5.88. The number of carbonyl (C=O) groups excluding carboxylic acids is 1. The van der Waals surface area contributed by atoms with Gasteiger partial charge in [0, 0.05) is 6.54 Å². The normalized spacial score (nSPS) is 24.2. The van der Waals surface area contributed by atoms with Gasteiger partial charge in [-0.15, -0.1) is 0 Å². The van der Waals surface area contributed by atoms with Gasteiger partial charge in [-0.1, -0.05) is 57.0 Å². The third kappa shape index (κ3) is 2.88. The minimum atomic E-state index is -0.0444. The van der Waals surface area contributed by atoms with Gasteiger partial charge < -0.3 is 4.90 Å². The lowest BCUT2D eigenvalue weighted by Gasteiger charge is -2.24. The molecule has 0 aliphatic carbocycles. The lowest BCUT2D eigenvalue weighted by Crippen LogP contribution is -2.35. The number of nitrogens with zero attached hydrogens (tertiary/aromatic N) is 1. The Hall–Kier alpha value is -1.35. The maximum absolute atomic E-state index is 12.6. The average molecular weight is 274 g/mol. The standard InChI is InChI=1S/C17H26N2O/c1-5-10-19-16(14-9-7-8-12(3)11-14)18-15(17(19)20)13(4)6-2/h7-9,11,13,15-16,18H,5-6,10H2,1-4H3. The lowest BCUT2D eigenvalue weighted by molar-refractivity contribution is -0.131. The fourth-order valence-corrected chi connectivity index (χ4v) is 2.88. The Morgan fingerprint density at radius 3 is 2.70 bits per heavy atom. The van der Waals surface area contributed by atoms with Crippen LogP contribution in [0.15, 0.2) is 24.3 Å². The molecule has 0 radical (unpaired) electrons. The number of aryl methyl sites for hydroxylation is 1. The monoisotopic (exact) mass is 274 g/mol. The Bertz CT molecular complexity index is 472. The molecule has 2 rings (SSSR count). The summed E-state index contributed by atoms with van der Waals surface area (Å²) in [6.07, 6.45) is 2.04. The maximum Gasteiger partial charge on any atom is 0.241 e. The van der Waals surface area contributed by atoms with Crippen LogP contribution in [0.5, 0.6) is 0 Å². The van der Waals surface area contributed by atoms with Crippen molar-refractivity contribution in [3.8, 4) is 0 Å². The Morgan fingerprint density at radius 2 is 2.10 bits per heavy atom. The first-order valence-corrected chi connectivity index (χ1v) is 7.71. The lowest BCUT2D eigenvalue weighted by atomic mass is 9.99. The van der Waals surface area contributed by atoms with E-state index in [0.29, 0.717) is 5.92 Å². The van der Waals surface area contributed by atoms with E-state index in [-0.39, 0.29) is 18.1 Å². The zero-order chi connectivity index (χ0) is 14.7. The summed E-state index contributed by atoms with van der Waals surface area (Å²) in [7, 11) is 0. The number of hydrogen-bond acceptors (Lipinski definition) is 2. The number of carbonyl (C=O) groups is 1. The molecule has 1 heterocycles. The molecular formula is C17H26N2O. The summed E-state index contributed by atoms with van der Waals surface area (Å²) in [5, 5.41) is 3.55. The van der Waals surface area contributed by atoms with Gasteiger partial charge in [-0.3, -0.25) is 10.1 Å². The van der Waals surface area contributed by atoms with E-state index in [9.17, 15) is 4.79 Å². The molecule has 20 heavy (non-hydrogen) atoms. The molecule has 1 N–H and O–H groups in total. The predicted molar refractivity (Wildman–Crippen MR) is 82.3 cm³/mol. The van der Waals surface area contributed by atoms with Crippen LogP contribution in [0.2, 0.25) is 0 Å². The van der Waals surface area contributed by atoms with Crippen LogP contribution in [0.3, 0.4) is 0 Å². The van der Waals surface area contributed by atoms with Gasteiger partial charge in [-0.2, -0.15) is 0 Å². The van der Waals surface area contributed by atoms with Crippen molar-refractivity contribution in [3.05, 3.63) is 35.4 Å². The number of amides is 1. The average Bonchev–Trinajstić information content (AvgIpc) is 2.76. The molecule has 3 heteroatoms. The Balaban J connectivity index is 2.28. The van der Waals surface area contributed by atoms with Crippen molar-refractivity contribution >= 4 is 5.91 Å².